The number of thioether (sulfide) groups is 1. The van der Waals surface area contributed by atoms with Gasteiger partial charge in [-0.15, -0.1) is 0 Å². The fraction of sp³-hybridized carbons (Fsp3) is 0.625. The lowest BCUT2D eigenvalue weighted by atomic mass is 10.0. The standard InChI is InChI=1S/C16H27NOS/c1-5-17-16(11-19-10-13(3)9-18)15-7-6-12(2)8-14(15)4/h6-8,13,16-18H,5,9-11H2,1-4H3. The number of benzene rings is 1. The zero-order chi connectivity index (χ0) is 14.3. The smallest absolute Gasteiger partial charge is 0.0464 e. The predicted octanol–water partition coefficient (Wildman–Crippen LogP) is 3.32. The van der Waals surface area contributed by atoms with E-state index in [0.29, 0.717) is 12.0 Å². The van der Waals surface area contributed by atoms with Gasteiger partial charge in [0, 0.05) is 18.4 Å². The van der Waals surface area contributed by atoms with Crippen molar-refractivity contribution >= 4 is 11.8 Å². The second-order valence-corrected chi connectivity index (χ2v) is 6.37. The fourth-order valence-electron chi connectivity index (χ4n) is 2.16. The molecule has 1 rings (SSSR count). The number of nitrogens with one attached hydrogen (secondary N) is 1. The van der Waals surface area contributed by atoms with Crippen molar-refractivity contribution in [3.8, 4) is 0 Å². The molecule has 1 aromatic carbocycles. The largest absolute Gasteiger partial charge is 0.396 e. The molecule has 19 heavy (non-hydrogen) atoms. The Balaban J connectivity index is 2.65. The predicted molar refractivity (Wildman–Crippen MR) is 85.9 cm³/mol. The molecule has 2 nitrogen and oxygen atoms in total. The Hall–Kier alpha value is -0.510. The zero-order valence-corrected chi connectivity index (χ0v) is 13.4. The first kappa shape index (κ1) is 16.5. The second-order valence-electron chi connectivity index (χ2n) is 5.30. The van der Waals surface area contributed by atoms with Crippen LogP contribution in [0, 0.1) is 19.8 Å². The van der Waals surface area contributed by atoms with Gasteiger partial charge in [-0.25, -0.2) is 0 Å². The zero-order valence-electron chi connectivity index (χ0n) is 12.6. The molecule has 0 saturated carbocycles. The van der Waals surface area contributed by atoms with Crippen LogP contribution in [0.1, 0.15) is 36.6 Å². The number of aliphatic hydroxyl groups excluding tert-OH is 1. The Labute approximate surface area is 122 Å². The highest BCUT2D eigenvalue weighted by atomic mass is 32.2. The van der Waals surface area contributed by atoms with E-state index in [2.05, 4.69) is 51.2 Å². The van der Waals surface area contributed by atoms with Crippen molar-refractivity contribution in [1.29, 1.82) is 0 Å². The molecule has 0 bridgehead atoms. The highest BCUT2D eigenvalue weighted by Gasteiger charge is 2.13. The van der Waals surface area contributed by atoms with E-state index in [0.717, 1.165) is 18.1 Å². The maximum Gasteiger partial charge on any atom is 0.0464 e. The van der Waals surface area contributed by atoms with Gasteiger partial charge in [0.25, 0.3) is 0 Å². The van der Waals surface area contributed by atoms with Crippen LogP contribution in [-0.4, -0.2) is 29.8 Å². The maximum absolute atomic E-state index is 9.07. The lowest BCUT2D eigenvalue weighted by Gasteiger charge is -2.21. The third-order valence-electron chi connectivity index (χ3n) is 3.25. The minimum atomic E-state index is 0.280. The molecular formula is C16H27NOS. The van der Waals surface area contributed by atoms with E-state index in [4.69, 9.17) is 5.11 Å². The average Bonchev–Trinajstić information content (AvgIpc) is 2.38. The molecule has 3 heteroatoms. The van der Waals surface area contributed by atoms with E-state index < -0.39 is 0 Å². The number of hydrogen-bond acceptors (Lipinski definition) is 3. The van der Waals surface area contributed by atoms with Gasteiger partial charge in [0.05, 0.1) is 0 Å². The van der Waals surface area contributed by atoms with E-state index in [-0.39, 0.29) is 6.61 Å². The molecule has 0 saturated heterocycles. The third-order valence-corrected chi connectivity index (χ3v) is 4.62. The quantitative estimate of drug-likeness (QED) is 0.767. The highest BCUT2D eigenvalue weighted by molar-refractivity contribution is 7.99. The summed E-state index contributed by atoms with van der Waals surface area (Å²) in [5.74, 6) is 2.46. The summed E-state index contributed by atoms with van der Waals surface area (Å²) in [7, 11) is 0. The molecule has 0 heterocycles. The van der Waals surface area contributed by atoms with Crippen LogP contribution >= 0.6 is 11.8 Å². The first-order chi connectivity index (χ1) is 9.08. The minimum Gasteiger partial charge on any atom is -0.396 e. The van der Waals surface area contributed by atoms with Crippen molar-refractivity contribution in [3.63, 3.8) is 0 Å². The molecule has 0 aliphatic rings. The van der Waals surface area contributed by atoms with Crippen molar-refractivity contribution in [2.45, 2.75) is 33.7 Å². The summed E-state index contributed by atoms with van der Waals surface area (Å²) in [5, 5.41) is 12.6. The van der Waals surface area contributed by atoms with Gasteiger partial charge in [0.2, 0.25) is 0 Å². The fourth-order valence-corrected chi connectivity index (χ4v) is 3.34. The monoisotopic (exact) mass is 281 g/mol. The summed E-state index contributed by atoms with van der Waals surface area (Å²) < 4.78 is 0. The molecule has 2 N–H and O–H groups in total. The van der Waals surface area contributed by atoms with E-state index in [1.54, 1.807) is 0 Å². The maximum atomic E-state index is 9.07. The molecule has 0 amide bonds. The first-order valence-corrected chi connectivity index (χ1v) is 8.23. The number of aryl methyl sites for hydroxylation is 2. The number of aliphatic hydroxyl groups is 1. The Bertz CT molecular complexity index is 381. The average molecular weight is 281 g/mol. The van der Waals surface area contributed by atoms with Crippen LogP contribution in [0.5, 0.6) is 0 Å². The second kappa shape index (κ2) is 8.62. The van der Waals surface area contributed by atoms with Gasteiger partial charge in [-0.05, 0) is 43.2 Å². The van der Waals surface area contributed by atoms with Gasteiger partial charge >= 0.3 is 0 Å². The van der Waals surface area contributed by atoms with Crippen molar-refractivity contribution in [3.05, 3.63) is 34.9 Å². The molecule has 0 fully saturated rings. The van der Waals surface area contributed by atoms with Crippen molar-refractivity contribution in [2.24, 2.45) is 5.92 Å². The summed E-state index contributed by atoms with van der Waals surface area (Å²) in [6.07, 6.45) is 0. The van der Waals surface area contributed by atoms with Crippen molar-refractivity contribution in [1.82, 2.24) is 5.32 Å². The minimum absolute atomic E-state index is 0.280. The SMILES string of the molecule is CCNC(CSCC(C)CO)c1ccc(C)cc1C. The molecule has 0 aromatic heterocycles. The highest BCUT2D eigenvalue weighted by Crippen LogP contribution is 2.23. The lowest BCUT2D eigenvalue weighted by molar-refractivity contribution is 0.250. The lowest BCUT2D eigenvalue weighted by Crippen LogP contribution is -2.24. The Kier molecular flexibility index (Phi) is 7.51. The summed E-state index contributed by atoms with van der Waals surface area (Å²) >= 11 is 1.92. The molecule has 1 aromatic rings. The van der Waals surface area contributed by atoms with Crippen LogP contribution in [-0.2, 0) is 0 Å². The molecule has 0 aliphatic heterocycles. The topological polar surface area (TPSA) is 32.3 Å². The summed E-state index contributed by atoms with van der Waals surface area (Å²) in [6, 6.07) is 7.09. The molecule has 0 aliphatic carbocycles. The van der Waals surface area contributed by atoms with Crippen LogP contribution < -0.4 is 5.32 Å². The number of hydrogen-bond donors (Lipinski definition) is 2. The van der Waals surface area contributed by atoms with Gasteiger partial charge in [-0.1, -0.05) is 37.6 Å². The molecular weight excluding hydrogens is 254 g/mol. The van der Waals surface area contributed by atoms with Gasteiger partial charge in [-0.2, -0.15) is 11.8 Å². The van der Waals surface area contributed by atoms with Gasteiger partial charge in [-0.3, -0.25) is 0 Å². The van der Waals surface area contributed by atoms with Gasteiger partial charge < -0.3 is 10.4 Å². The van der Waals surface area contributed by atoms with E-state index in [1.165, 1.54) is 16.7 Å². The normalized spacial score (nSPS) is 14.4. The van der Waals surface area contributed by atoms with Crippen molar-refractivity contribution < 1.29 is 5.11 Å². The van der Waals surface area contributed by atoms with Crippen LogP contribution in [0.25, 0.3) is 0 Å². The molecule has 2 atom stereocenters. The molecule has 0 radical (unpaired) electrons. The van der Waals surface area contributed by atoms with Gasteiger partial charge in [0.15, 0.2) is 0 Å². The van der Waals surface area contributed by atoms with E-state index >= 15 is 0 Å². The van der Waals surface area contributed by atoms with E-state index in [1.807, 2.05) is 11.8 Å². The molecule has 2 unspecified atom stereocenters. The van der Waals surface area contributed by atoms with E-state index in [9.17, 15) is 0 Å². The summed E-state index contributed by atoms with van der Waals surface area (Å²) in [5.41, 5.74) is 4.08. The molecule has 0 spiro atoms. The summed E-state index contributed by atoms with van der Waals surface area (Å²) in [6.45, 7) is 9.82. The Morgan fingerprint density at radius 2 is 2.00 bits per heavy atom. The van der Waals surface area contributed by atoms with Gasteiger partial charge in [0.1, 0.15) is 0 Å². The Morgan fingerprint density at radius 1 is 1.26 bits per heavy atom. The van der Waals surface area contributed by atoms with Crippen LogP contribution in [0.3, 0.4) is 0 Å². The third kappa shape index (κ3) is 5.55. The summed E-state index contributed by atoms with van der Waals surface area (Å²) in [4.78, 5) is 0. The van der Waals surface area contributed by atoms with Crippen LogP contribution in [0.4, 0.5) is 0 Å². The molecule has 108 valence electrons. The number of rotatable bonds is 8. The Morgan fingerprint density at radius 3 is 2.58 bits per heavy atom. The van der Waals surface area contributed by atoms with Crippen molar-refractivity contribution in [2.75, 3.05) is 24.7 Å². The first-order valence-electron chi connectivity index (χ1n) is 7.07. The van der Waals surface area contributed by atoms with Crippen LogP contribution in [0.2, 0.25) is 0 Å². The van der Waals surface area contributed by atoms with Crippen LogP contribution in [0.15, 0.2) is 18.2 Å².